The van der Waals surface area contributed by atoms with E-state index in [-0.39, 0.29) is 18.2 Å². The first kappa shape index (κ1) is 18.1. The molecule has 1 fully saturated rings. The van der Waals surface area contributed by atoms with Crippen LogP contribution in [0.3, 0.4) is 0 Å². The van der Waals surface area contributed by atoms with Crippen LogP contribution in [0, 0.1) is 5.92 Å². The van der Waals surface area contributed by atoms with Crippen LogP contribution in [-0.4, -0.2) is 31.7 Å². The number of halogens is 1. The number of amides is 2. The van der Waals surface area contributed by atoms with E-state index >= 15 is 0 Å². The molecule has 7 heteroatoms. The molecule has 1 aliphatic rings. The van der Waals surface area contributed by atoms with Crippen molar-refractivity contribution in [3.63, 3.8) is 0 Å². The average molecular weight is 416 g/mol. The van der Waals surface area contributed by atoms with E-state index < -0.39 is 5.92 Å². The Labute approximate surface area is 160 Å². The predicted molar refractivity (Wildman–Crippen MR) is 103 cm³/mol. The second-order valence-corrected chi connectivity index (χ2v) is 6.80. The van der Waals surface area contributed by atoms with E-state index in [4.69, 9.17) is 4.74 Å². The van der Waals surface area contributed by atoms with Crippen LogP contribution in [0.5, 0.6) is 5.75 Å². The summed E-state index contributed by atoms with van der Waals surface area (Å²) in [4.78, 5) is 26.1. The van der Waals surface area contributed by atoms with Gasteiger partial charge < -0.3 is 9.64 Å². The Balaban J connectivity index is 1.57. The maximum absolute atomic E-state index is 12.3. The van der Waals surface area contributed by atoms with Gasteiger partial charge in [-0.05, 0) is 54.1 Å². The Morgan fingerprint density at radius 3 is 2.58 bits per heavy atom. The number of hydrogen-bond donors (Lipinski definition) is 1. The first-order chi connectivity index (χ1) is 12.6. The van der Waals surface area contributed by atoms with Gasteiger partial charge in [-0.3, -0.25) is 9.59 Å². The van der Waals surface area contributed by atoms with E-state index in [2.05, 4.69) is 26.5 Å². The number of anilines is 1. The molecule has 0 spiro atoms. The van der Waals surface area contributed by atoms with Gasteiger partial charge in [-0.15, -0.1) is 0 Å². The molecule has 3 rings (SSSR count). The minimum Gasteiger partial charge on any atom is -0.497 e. The zero-order chi connectivity index (χ0) is 18.5. The van der Waals surface area contributed by atoms with Gasteiger partial charge in [-0.2, -0.15) is 5.10 Å². The second-order valence-electron chi connectivity index (χ2n) is 5.89. The predicted octanol–water partition coefficient (Wildman–Crippen LogP) is 2.96. The molecule has 2 aromatic carbocycles. The summed E-state index contributed by atoms with van der Waals surface area (Å²) in [6, 6.07) is 14.7. The summed E-state index contributed by atoms with van der Waals surface area (Å²) in [5.41, 5.74) is 4.14. The molecular formula is C19H18BrN3O3. The number of rotatable bonds is 5. The Bertz CT molecular complexity index is 819. The number of ether oxygens (including phenoxy) is 1. The highest BCUT2D eigenvalue weighted by atomic mass is 79.9. The highest BCUT2D eigenvalue weighted by Gasteiger charge is 2.35. The summed E-state index contributed by atoms with van der Waals surface area (Å²) < 4.78 is 6.03. The molecule has 0 aliphatic carbocycles. The lowest BCUT2D eigenvalue weighted by atomic mass is 10.1. The number of benzene rings is 2. The zero-order valence-corrected chi connectivity index (χ0v) is 15.8. The Morgan fingerprint density at radius 2 is 1.92 bits per heavy atom. The summed E-state index contributed by atoms with van der Waals surface area (Å²) in [6.45, 7) is 0.352. The van der Waals surface area contributed by atoms with Crippen molar-refractivity contribution in [1.29, 1.82) is 0 Å². The van der Waals surface area contributed by atoms with Crippen molar-refractivity contribution in [2.24, 2.45) is 11.0 Å². The lowest BCUT2D eigenvalue weighted by molar-refractivity contribution is -0.126. The van der Waals surface area contributed by atoms with Crippen LogP contribution in [0.15, 0.2) is 58.1 Å². The highest BCUT2D eigenvalue weighted by molar-refractivity contribution is 9.10. The third-order valence-corrected chi connectivity index (χ3v) is 4.67. The van der Waals surface area contributed by atoms with Crippen molar-refractivity contribution < 1.29 is 14.3 Å². The molecule has 2 aromatic rings. The zero-order valence-electron chi connectivity index (χ0n) is 14.2. The number of carbonyl (C=O) groups is 2. The van der Waals surface area contributed by atoms with Crippen molar-refractivity contribution in [3.8, 4) is 5.75 Å². The maximum atomic E-state index is 12.3. The van der Waals surface area contributed by atoms with Crippen LogP contribution in [0.4, 0.5) is 5.69 Å². The van der Waals surface area contributed by atoms with Crippen LogP contribution < -0.4 is 15.1 Å². The molecular weight excluding hydrogens is 398 g/mol. The molecule has 0 aromatic heterocycles. The van der Waals surface area contributed by atoms with E-state index in [1.807, 2.05) is 48.5 Å². The van der Waals surface area contributed by atoms with E-state index in [9.17, 15) is 9.59 Å². The topological polar surface area (TPSA) is 71.0 Å². The molecule has 1 aliphatic heterocycles. The van der Waals surface area contributed by atoms with Crippen molar-refractivity contribution in [1.82, 2.24) is 5.43 Å². The molecule has 0 unspecified atom stereocenters. The van der Waals surface area contributed by atoms with Crippen LogP contribution in [0.2, 0.25) is 0 Å². The van der Waals surface area contributed by atoms with Gasteiger partial charge in [0.25, 0.3) is 0 Å². The number of hydrogen-bond acceptors (Lipinski definition) is 4. The first-order valence-electron chi connectivity index (χ1n) is 8.09. The lowest BCUT2D eigenvalue weighted by Gasteiger charge is -2.16. The summed E-state index contributed by atoms with van der Waals surface area (Å²) in [6.07, 6.45) is 1.74. The minimum atomic E-state index is -0.417. The van der Waals surface area contributed by atoms with Gasteiger partial charge in [0.1, 0.15) is 5.75 Å². The number of nitrogens with one attached hydrogen (secondary N) is 1. The monoisotopic (exact) mass is 415 g/mol. The molecule has 0 saturated carbocycles. The molecule has 1 N–H and O–H groups in total. The van der Waals surface area contributed by atoms with Crippen molar-refractivity contribution >= 4 is 39.6 Å². The quantitative estimate of drug-likeness (QED) is 0.602. The molecule has 1 heterocycles. The second kappa shape index (κ2) is 8.14. The number of methoxy groups -OCH3 is 1. The van der Waals surface area contributed by atoms with Crippen LogP contribution in [0.25, 0.3) is 0 Å². The average Bonchev–Trinajstić information content (AvgIpc) is 3.05. The fourth-order valence-corrected chi connectivity index (χ4v) is 2.97. The van der Waals surface area contributed by atoms with Crippen molar-refractivity contribution in [3.05, 3.63) is 58.6 Å². The lowest BCUT2D eigenvalue weighted by Crippen LogP contribution is -2.30. The standard InChI is InChI=1S/C19H18BrN3O3/c1-26-17-8-2-13(3-9-17)11-21-22-19(25)14-10-18(24)23(12-14)16-6-4-15(20)5-7-16/h2-9,11,14H,10,12H2,1H3,(H,22,25)/b21-11-/t14-/m1/s1. The summed E-state index contributed by atoms with van der Waals surface area (Å²) >= 11 is 3.37. The largest absolute Gasteiger partial charge is 0.497 e. The molecule has 2 amide bonds. The Kier molecular flexibility index (Phi) is 5.68. The van der Waals surface area contributed by atoms with Crippen LogP contribution in [0.1, 0.15) is 12.0 Å². The molecule has 6 nitrogen and oxygen atoms in total. The normalized spacial score (nSPS) is 16.9. The maximum Gasteiger partial charge on any atom is 0.245 e. The van der Waals surface area contributed by atoms with Gasteiger partial charge in [0, 0.05) is 23.1 Å². The highest BCUT2D eigenvalue weighted by Crippen LogP contribution is 2.26. The number of nitrogens with zero attached hydrogens (tertiary/aromatic N) is 2. The number of hydrazone groups is 1. The van der Waals surface area contributed by atoms with E-state index in [0.717, 1.165) is 21.5 Å². The van der Waals surface area contributed by atoms with Gasteiger partial charge in [-0.1, -0.05) is 15.9 Å². The van der Waals surface area contributed by atoms with E-state index in [0.29, 0.717) is 6.54 Å². The number of carbonyl (C=O) groups excluding carboxylic acids is 2. The van der Waals surface area contributed by atoms with Gasteiger partial charge in [0.15, 0.2) is 0 Å². The third-order valence-electron chi connectivity index (χ3n) is 4.14. The SMILES string of the molecule is COc1ccc(/C=N\NC(=O)[C@@H]2CC(=O)N(c3ccc(Br)cc3)C2)cc1. The molecule has 1 saturated heterocycles. The fourth-order valence-electron chi connectivity index (χ4n) is 2.71. The fraction of sp³-hybridized carbons (Fsp3) is 0.211. The van der Waals surface area contributed by atoms with Crippen molar-refractivity contribution in [2.45, 2.75) is 6.42 Å². The van der Waals surface area contributed by atoms with Gasteiger partial charge >= 0.3 is 0 Å². The van der Waals surface area contributed by atoms with E-state index in [1.54, 1.807) is 18.2 Å². The van der Waals surface area contributed by atoms with Gasteiger partial charge in [0.05, 0.1) is 19.2 Å². The van der Waals surface area contributed by atoms with E-state index in [1.165, 1.54) is 0 Å². The van der Waals surface area contributed by atoms with Gasteiger partial charge in [-0.25, -0.2) is 5.43 Å². The van der Waals surface area contributed by atoms with Gasteiger partial charge in [0.2, 0.25) is 11.8 Å². The first-order valence-corrected chi connectivity index (χ1v) is 8.89. The Hall–Kier alpha value is -2.67. The third kappa shape index (κ3) is 4.29. The molecule has 26 heavy (non-hydrogen) atoms. The minimum absolute atomic E-state index is 0.0633. The summed E-state index contributed by atoms with van der Waals surface area (Å²) in [5.74, 6) is 0.0113. The molecule has 0 radical (unpaired) electrons. The molecule has 1 atom stereocenters. The molecule has 0 bridgehead atoms. The smallest absolute Gasteiger partial charge is 0.245 e. The molecule has 134 valence electrons. The van der Waals surface area contributed by atoms with Crippen LogP contribution >= 0.6 is 15.9 Å². The summed E-state index contributed by atoms with van der Waals surface area (Å²) in [5, 5.41) is 3.97. The Morgan fingerprint density at radius 1 is 1.23 bits per heavy atom. The summed E-state index contributed by atoms with van der Waals surface area (Å²) in [7, 11) is 1.60. The van der Waals surface area contributed by atoms with Crippen LogP contribution in [-0.2, 0) is 9.59 Å². The van der Waals surface area contributed by atoms with Crippen molar-refractivity contribution in [2.75, 3.05) is 18.6 Å².